The van der Waals surface area contributed by atoms with Crippen molar-refractivity contribution in [2.45, 2.75) is 6.10 Å². The number of ether oxygens (including phenoxy) is 1. The van der Waals surface area contributed by atoms with Gasteiger partial charge in [0.25, 0.3) is 0 Å². The highest BCUT2D eigenvalue weighted by Crippen LogP contribution is 2.35. The summed E-state index contributed by atoms with van der Waals surface area (Å²) in [5.41, 5.74) is 0.946. The Morgan fingerprint density at radius 1 is 1.38 bits per heavy atom. The zero-order chi connectivity index (χ0) is 9.26. The molecule has 1 aliphatic heterocycles. The molecule has 3 heteroatoms. The van der Waals surface area contributed by atoms with Crippen molar-refractivity contribution in [3.8, 4) is 0 Å². The minimum atomic E-state index is -0.778. The summed E-state index contributed by atoms with van der Waals surface area (Å²) in [6.45, 7) is 0.328. The highest BCUT2D eigenvalue weighted by atomic mass is 16.5. The second kappa shape index (κ2) is 3.18. The second-order valence-corrected chi connectivity index (χ2v) is 3.11. The number of aliphatic carboxylic acids is 1. The molecule has 2 atom stereocenters. The van der Waals surface area contributed by atoms with Crippen LogP contribution in [0.3, 0.4) is 0 Å². The number of hydrogen-bond acceptors (Lipinski definition) is 2. The second-order valence-electron chi connectivity index (χ2n) is 3.11. The van der Waals surface area contributed by atoms with E-state index in [9.17, 15) is 4.79 Å². The lowest BCUT2D eigenvalue weighted by molar-refractivity contribution is -0.174. The van der Waals surface area contributed by atoms with Crippen LogP contribution in [0.5, 0.6) is 0 Å². The van der Waals surface area contributed by atoms with E-state index < -0.39 is 5.97 Å². The molecular weight excluding hydrogens is 168 g/mol. The van der Waals surface area contributed by atoms with Crippen LogP contribution in [0, 0.1) is 5.92 Å². The molecule has 1 N–H and O–H groups in total. The van der Waals surface area contributed by atoms with Crippen molar-refractivity contribution in [3.05, 3.63) is 35.9 Å². The van der Waals surface area contributed by atoms with Gasteiger partial charge in [0.15, 0.2) is 0 Å². The number of carboxylic acids is 1. The van der Waals surface area contributed by atoms with Gasteiger partial charge in [-0.3, -0.25) is 4.79 Å². The molecule has 2 unspecified atom stereocenters. The van der Waals surface area contributed by atoms with Crippen molar-refractivity contribution in [1.29, 1.82) is 0 Å². The number of benzene rings is 1. The molecule has 1 aromatic carbocycles. The Balaban J connectivity index is 2.15. The monoisotopic (exact) mass is 178 g/mol. The summed E-state index contributed by atoms with van der Waals surface area (Å²) < 4.78 is 5.21. The van der Waals surface area contributed by atoms with E-state index in [2.05, 4.69) is 0 Å². The van der Waals surface area contributed by atoms with Crippen molar-refractivity contribution in [2.24, 2.45) is 5.92 Å². The van der Waals surface area contributed by atoms with E-state index in [1.165, 1.54) is 0 Å². The van der Waals surface area contributed by atoms with Crippen molar-refractivity contribution in [2.75, 3.05) is 6.61 Å². The first kappa shape index (κ1) is 8.26. The quantitative estimate of drug-likeness (QED) is 0.745. The molecule has 0 aliphatic carbocycles. The molecule has 0 saturated carbocycles. The van der Waals surface area contributed by atoms with Crippen LogP contribution >= 0.6 is 0 Å². The molecule has 1 aromatic rings. The third-order valence-electron chi connectivity index (χ3n) is 2.27. The smallest absolute Gasteiger partial charge is 0.311 e. The minimum absolute atomic E-state index is 0.251. The number of rotatable bonds is 2. The Bertz CT molecular complexity index is 307. The summed E-state index contributed by atoms with van der Waals surface area (Å²) in [5, 5.41) is 8.78. The highest BCUT2D eigenvalue weighted by Gasteiger charge is 2.38. The van der Waals surface area contributed by atoms with E-state index in [-0.39, 0.29) is 12.0 Å². The van der Waals surface area contributed by atoms with Gasteiger partial charge in [0.2, 0.25) is 0 Å². The Morgan fingerprint density at radius 3 is 2.54 bits per heavy atom. The van der Waals surface area contributed by atoms with Crippen LogP contribution < -0.4 is 0 Å². The molecular formula is C10H10O3. The van der Waals surface area contributed by atoms with E-state index in [1.807, 2.05) is 30.3 Å². The maximum absolute atomic E-state index is 10.7. The SMILES string of the molecule is O=C(O)C1COC1c1ccccc1. The number of carboxylic acid groups (broad SMARTS) is 1. The van der Waals surface area contributed by atoms with Crippen molar-refractivity contribution < 1.29 is 14.6 Å². The molecule has 0 spiro atoms. The molecule has 1 heterocycles. The molecule has 3 nitrogen and oxygen atoms in total. The fourth-order valence-corrected chi connectivity index (χ4v) is 1.46. The summed E-state index contributed by atoms with van der Waals surface area (Å²) in [7, 11) is 0. The van der Waals surface area contributed by atoms with Crippen molar-refractivity contribution in [1.82, 2.24) is 0 Å². The fourth-order valence-electron chi connectivity index (χ4n) is 1.46. The molecule has 1 fully saturated rings. The molecule has 0 aromatic heterocycles. The minimum Gasteiger partial charge on any atom is -0.481 e. The predicted octanol–water partition coefficient (Wildman–Crippen LogP) is 1.46. The third kappa shape index (κ3) is 1.42. The van der Waals surface area contributed by atoms with E-state index in [0.29, 0.717) is 6.61 Å². The van der Waals surface area contributed by atoms with Crippen LogP contribution in [0.25, 0.3) is 0 Å². The first-order chi connectivity index (χ1) is 6.29. The van der Waals surface area contributed by atoms with Gasteiger partial charge in [0.1, 0.15) is 5.92 Å². The van der Waals surface area contributed by atoms with Crippen LogP contribution in [-0.4, -0.2) is 17.7 Å². The lowest BCUT2D eigenvalue weighted by atomic mass is 9.92. The van der Waals surface area contributed by atoms with Gasteiger partial charge in [-0.1, -0.05) is 30.3 Å². The molecule has 0 radical (unpaired) electrons. The van der Waals surface area contributed by atoms with Gasteiger partial charge in [-0.25, -0.2) is 0 Å². The Labute approximate surface area is 76.0 Å². The summed E-state index contributed by atoms with van der Waals surface area (Å²) in [5.74, 6) is -1.15. The molecule has 2 rings (SSSR count). The molecule has 0 amide bonds. The summed E-state index contributed by atoms with van der Waals surface area (Å²) in [6.07, 6.45) is -0.251. The normalized spacial score (nSPS) is 26.5. The molecule has 1 aliphatic rings. The average molecular weight is 178 g/mol. The maximum atomic E-state index is 10.7. The summed E-state index contributed by atoms with van der Waals surface area (Å²) >= 11 is 0. The fraction of sp³-hybridized carbons (Fsp3) is 0.300. The molecule has 0 bridgehead atoms. The number of carbonyl (C=O) groups is 1. The Morgan fingerprint density at radius 2 is 2.08 bits per heavy atom. The predicted molar refractivity (Wildman–Crippen MR) is 46.3 cm³/mol. The van der Waals surface area contributed by atoms with E-state index in [1.54, 1.807) is 0 Å². The number of hydrogen-bond donors (Lipinski definition) is 1. The van der Waals surface area contributed by atoms with E-state index in [0.717, 1.165) is 5.56 Å². The molecule has 13 heavy (non-hydrogen) atoms. The van der Waals surface area contributed by atoms with Crippen molar-refractivity contribution >= 4 is 5.97 Å². The molecule has 68 valence electrons. The first-order valence-corrected chi connectivity index (χ1v) is 4.18. The lowest BCUT2D eigenvalue weighted by Gasteiger charge is -2.33. The maximum Gasteiger partial charge on any atom is 0.311 e. The summed E-state index contributed by atoms with van der Waals surface area (Å²) in [4.78, 5) is 10.7. The van der Waals surface area contributed by atoms with Gasteiger partial charge in [-0.05, 0) is 5.56 Å². The topological polar surface area (TPSA) is 46.5 Å². The first-order valence-electron chi connectivity index (χ1n) is 4.18. The van der Waals surface area contributed by atoms with Gasteiger partial charge in [0, 0.05) is 0 Å². The molecule has 1 saturated heterocycles. The van der Waals surface area contributed by atoms with E-state index in [4.69, 9.17) is 9.84 Å². The van der Waals surface area contributed by atoms with Gasteiger partial charge in [-0.2, -0.15) is 0 Å². The van der Waals surface area contributed by atoms with Crippen LogP contribution in [-0.2, 0) is 9.53 Å². The zero-order valence-electron chi connectivity index (χ0n) is 7.01. The van der Waals surface area contributed by atoms with Gasteiger partial charge < -0.3 is 9.84 Å². The van der Waals surface area contributed by atoms with E-state index >= 15 is 0 Å². The van der Waals surface area contributed by atoms with Gasteiger partial charge >= 0.3 is 5.97 Å². The van der Waals surface area contributed by atoms with Crippen LogP contribution in [0.4, 0.5) is 0 Å². The van der Waals surface area contributed by atoms with Gasteiger partial charge in [-0.15, -0.1) is 0 Å². The zero-order valence-corrected chi connectivity index (χ0v) is 7.01. The lowest BCUT2D eigenvalue weighted by Crippen LogP contribution is -2.38. The van der Waals surface area contributed by atoms with Crippen molar-refractivity contribution in [3.63, 3.8) is 0 Å². The Kier molecular flexibility index (Phi) is 2.02. The highest BCUT2D eigenvalue weighted by molar-refractivity contribution is 5.72. The van der Waals surface area contributed by atoms with Gasteiger partial charge in [0.05, 0.1) is 12.7 Å². The Hall–Kier alpha value is -1.35. The van der Waals surface area contributed by atoms with Crippen LogP contribution in [0.1, 0.15) is 11.7 Å². The van der Waals surface area contributed by atoms with Crippen LogP contribution in [0.2, 0.25) is 0 Å². The largest absolute Gasteiger partial charge is 0.481 e. The van der Waals surface area contributed by atoms with Crippen LogP contribution in [0.15, 0.2) is 30.3 Å². The summed E-state index contributed by atoms with van der Waals surface area (Å²) in [6, 6.07) is 9.45. The average Bonchev–Trinajstić information content (AvgIpc) is 2.02. The third-order valence-corrected chi connectivity index (χ3v) is 2.27. The standard InChI is InChI=1S/C10H10O3/c11-10(12)8-6-13-9(8)7-4-2-1-3-5-7/h1-5,8-9H,6H2,(H,11,12).